The molecule has 0 unspecified atom stereocenters. The predicted molar refractivity (Wildman–Crippen MR) is 94.0 cm³/mol. The van der Waals surface area contributed by atoms with Crippen LogP contribution in [0.2, 0.25) is 0 Å². The maximum absolute atomic E-state index is 13.0. The maximum Gasteiger partial charge on any atom is 0.240 e. The summed E-state index contributed by atoms with van der Waals surface area (Å²) in [6, 6.07) is 8.29. The molecule has 0 atom stereocenters. The summed E-state index contributed by atoms with van der Waals surface area (Å²) in [6.07, 6.45) is 9.62. The van der Waals surface area contributed by atoms with E-state index in [2.05, 4.69) is 5.32 Å². The molecule has 4 heteroatoms. The fourth-order valence-electron chi connectivity index (χ4n) is 3.81. The Morgan fingerprint density at radius 3 is 2.54 bits per heavy atom. The van der Waals surface area contributed by atoms with E-state index in [-0.39, 0.29) is 24.2 Å². The fraction of sp³-hybridized carbons (Fsp3) is 0.500. The van der Waals surface area contributed by atoms with Crippen molar-refractivity contribution in [3.05, 3.63) is 36.0 Å². The summed E-state index contributed by atoms with van der Waals surface area (Å²) in [6.45, 7) is 0.287. The van der Waals surface area contributed by atoms with Gasteiger partial charge in [-0.1, -0.05) is 37.5 Å². The largest absolute Gasteiger partial charge is 0.352 e. The third-order valence-electron chi connectivity index (χ3n) is 5.29. The SMILES string of the molecule is O=C(Cn1cc(C(=O)C2CCCCC2)c2ccccc21)NC1CC1. The van der Waals surface area contributed by atoms with Gasteiger partial charge < -0.3 is 9.88 Å². The van der Waals surface area contributed by atoms with Gasteiger partial charge in [-0.05, 0) is 31.7 Å². The van der Waals surface area contributed by atoms with E-state index >= 15 is 0 Å². The fourth-order valence-corrected chi connectivity index (χ4v) is 3.81. The molecule has 1 aromatic heterocycles. The minimum atomic E-state index is 0.0370. The highest BCUT2D eigenvalue weighted by Crippen LogP contribution is 2.30. The van der Waals surface area contributed by atoms with E-state index in [9.17, 15) is 9.59 Å². The molecule has 4 nitrogen and oxygen atoms in total. The first-order valence-corrected chi connectivity index (χ1v) is 9.14. The number of nitrogens with zero attached hydrogens (tertiary/aromatic N) is 1. The summed E-state index contributed by atoms with van der Waals surface area (Å²) in [5.74, 6) is 0.445. The van der Waals surface area contributed by atoms with Gasteiger partial charge in [-0.15, -0.1) is 0 Å². The zero-order chi connectivity index (χ0) is 16.5. The zero-order valence-electron chi connectivity index (χ0n) is 14.0. The van der Waals surface area contributed by atoms with Gasteiger partial charge in [0.2, 0.25) is 5.91 Å². The molecule has 0 bridgehead atoms. The number of carbonyl (C=O) groups is 2. The monoisotopic (exact) mass is 324 g/mol. The van der Waals surface area contributed by atoms with E-state index in [1.807, 2.05) is 35.0 Å². The number of benzene rings is 1. The topological polar surface area (TPSA) is 51.1 Å². The van der Waals surface area contributed by atoms with E-state index in [1.54, 1.807) is 0 Å². The summed E-state index contributed by atoms with van der Waals surface area (Å²) in [5, 5.41) is 4.00. The van der Waals surface area contributed by atoms with Crippen molar-refractivity contribution in [1.82, 2.24) is 9.88 Å². The average molecular weight is 324 g/mol. The van der Waals surface area contributed by atoms with Crippen molar-refractivity contribution in [1.29, 1.82) is 0 Å². The number of ketones is 1. The standard InChI is InChI=1S/C20H24N2O2/c23-19(21-15-10-11-15)13-22-12-17(16-8-4-5-9-18(16)22)20(24)14-6-2-1-3-7-14/h4-5,8-9,12,14-15H,1-3,6-7,10-11,13H2,(H,21,23). The van der Waals surface area contributed by atoms with Gasteiger partial charge in [-0.2, -0.15) is 0 Å². The Balaban J connectivity index is 1.62. The van der Waals surface area contributed by atoms with Crippen LogP contribution in [0, 0.1) is 5.92 Å². The number of rotatable bonds is 5. The number of carbonyl (C=O) groups excluding carboxylic acids is 2. The van der Waals surface area contributed by atoms with Crippen molar-refractivity contribution in [2.75, 3.05) is 0 Å². The van der Waals surface area contributed by atoms with Crippen molar-refractivity contribution < 1.29 is 9.59 Å². The minimum absolute atomic E-state index is 0.0370. The summed E-state index contributed by atoms with van der Waals surface area (Å²) in [4.78, 5) is 25.2. The molecule has 1 aromatic carbocycles. The molecule has 2 fully saturated rings. The Kier molecular flexibility index (Phi) is 4.13. The molecule has 1 N–H and O–H groups in total. The van der Waals surface area contributed by atoms with E-state index < -0.39 is 0 Å². The zero-order valence-corrected chi connectivity index (χ0v) is 14.0. The van der Waals surface area contributed by atoms with Crippen molar-refractivity contribution in [2.24, 2.45) is 5.92 Å². The quantitative estimate of drug-likeness (QED) is 0.853. The van der Waals surface area contributed by atoms with Crippen LogP contribution in [0.4, 0.5) is 0 Å². The van der Waals surface area contributed by atoms with Crippen molar-refractivity contribution in [2.45, 2.75) is 57.5 Å². The lowest BCUT2D eigenvalue weighted by atomic mass is 9.84. The number of amides is 1. The number of hydrogen-bond donors (Lipinski definition) is 1. The third kappa shape index (κ3) is 3.10. The Labute approximate surface area is 142 Å². The normalized spacial score (nSPS) is 18.7. The predicted octanol–water partition coefficient (Wildman–Crippen LogP) is 3.68. The Morgan fingerprint density at radius 1 is 1.04 bits per heavy atom. The van der Waals surface area contributed by atoms with Gasteiger partial charge in [0.05, 0.1) is 0 Å². The Bertz CT molecular complexity index is 767. The summed E-state index contributed by atoms with van der Waals surface area (Å²) in [7, 11) is 0. The van der Waals surface area contributed by atoms with Gasteiger partial charge in [-0.3, -0.25) is 9.59 Å². The molecule has 1 amide bonds. The first kappa shape index (κ1) is 15.4. The highest BCUT2D eigenvalue weighted by atomic mass is 16.2. The summed E-state index contributed by atoms with van der Waals surface area (Å²) in [5.41, 5.74) is 1.76. The number of Topliss-reactive ketones (excluding diaryl/α,β-unsaturated/α-hetero) is 1. The van der Waals surface area contributed by atoms with Crippen LogP contribution in [0.3, 0.4) is 0 Å². The Morgan fingerprint density at radius 2 is 1.79 bits per heavy atom. The minimum Gasteiger partial charge on any atom is -0.352 e. The van der Waals surface area contributed by atoms with Gasteiger partial charge >= 0.3 is 0 Å². The molecule has 24 heavy (non-hydrogen) atoms. The second-order valence-corrected chi connectivity index (χ2v) is 7.23. The molecule has 2 aliphatic carbocycles. The lowest BCUT2D eigenvalue weighted by Crippen LogP contribution is -2.29. The van der Waals surface area contributed by atoms with Crippen LogP contribution in [-0.2, 0) is 11.3 Å². The summed E-state index contributed by atoms with van der Waals surface area (Å²) < 4.78 is 1.93. The number of para-hydroxylation sites is 1. The first-order chi connectivity index (χ1) is 11.7. The molecule has 1 heterocycles. The third-order valence-corrected chi connectivity index (χ3v) is 5.29. The highest BCUT2D eigenvalue weighted by Gasteiger charge is 2.26. The van der Waals surface area contributed by atoms with Crippen LogP contribution >= 0.6 is 0 Å². The molecule has 126 valence electrons. The van der Waals surface area contributed by atoms with E-state index in [4.69, 9.17) is 0 Å². The van der Waals surface area contributed by atoms with Crippen molar-refractivity contribution in [3.8, 4) is 0 Å². The van der Waals surface area contributed by atoms with Crippen LogP contribution in [-0.4, -0.2) is 22.3 Å². The number of aromatic nitrogens is 1. The second kappa shape index (κ2) is 6.42. The highest BCUT2D eigenvalue weighted by molar-refractivity contribution is 6.09. The van der Waals surface area contributed by atoms with Gasteiger partial charge in [-0.25, -0.2) is 0 Å². The number of hydrogen-bond acceptors (Lipinski definition) is 2. The van der Waals surface area contributed by atoms with Gasteiger partial charge in [0.15, 0.2) is 5.78 Å². The molecular formula is C20H24N2O2. The molecule has 2 aliphatic rings. The second-order valence-electron chi connectivity index (χ2n) is 7.23. The molecule has 2 aromatic rings. The lowest BCUT2D eigenvalue weighted by Gasteiger charge is -2.19. The van der Waals surface area contributed by atoms with Crippen molar-refractivity contribution in [3.63, 3.8) is 0 Å². The van der Waals surface area contributed by atoms with Gasteiger partial charge in [0.1, 0.15) is 6.54 Å². The van der Waals surface area contributed by atoms with Crippen LogP contribution < -0.4 is 5.32 Å². The first-order valence-electron chi connectivity index (χ1n) is 9.14. The van der Waals surface area contributed by atoms with Crippen LogP contribution in [0.1, 0.15) is 55.3 Å². The maximum atomic E-state index is 13.0. The average Bonchev–Trinajstić information content (AvgIpc) is 3.35. The Hall–Kier alpha value is -2.10. The van der Waals surface area contributed by atoms with Crippen molar-refractivity contribution >= 4 is 22.6 Å². The van der Waals surface area contributed by atoms with Crippen LogP contribution in [0.15, 0.2) is 30.5 Å². The summed E-state index contributed by atoms with van der Waals surface area (Å²) >= 11 is 0. The molecule has 0 aliphatic heterocycles. The lowest BCUT2D eigenvalue weighted by molar-refractivity contribution is -0.121. The molecule has 0 radical (unpaired) electrons. The smallest absolute Gasteiger partial charge is 0.240 e. The van der Waals surface area contributed by atoms with Crippen LogP contribution in [0.25, 0.3) is 10.9 Å². The molecule has 0 saturated heterocycles. The molecule has 0 spiro atoms. The van der Waals surface area contributed by atoms with Gasteiger partial charge in [0.25, 0.3) is 0 Å². The van der Waals surface area contributed by atoms with E-state index in [0.717, 1.165) is 55.0 Å². The number of nitrogens with one attached hydrogen (secondary N) is 1. The van der Waals surface area contributed by atoms with Gasteiger partial charge in [0, 0.05) is 34.6 Å². The van der Waals surface area contributed by atoms with E-state index in [1.165, 1.54) is 6.42 Å². The molecule has 2 saturated carbocycles. The molecular weight excluding hydrogens is 300 g/mol. The molecule has 4 rings (SSSR count). The van der Waals surface area contributed by atoms with Crippen LogP contribution in [0.5, 0.6) is 0 Å². The van der Waals surface area contributed by atoms with E-state index in [0.29, 0.717) is 6.04 Å². The number of fused-ring (bicyclic) bond motifs is 1.